The fraction of sp³-hybridized carbons (Fsp3) is 0.429. The van der Waals surface area contributed by atoms with Gasteiger partial charge in [0.25, 0.3) is 0 Å². The predicted molar refractivity (Wildman–Crippen MR) is 127 cm³/mol. The van der Waals surface area contributed by atoms with Crippen LogP contribution in [0.1, 0.15) is 41.7 Å². The van der Waals surface area contributed by atoms with Gasteiger partial charge in [-0.05, 0) is 29.0 Å². The van der Waals surface area contributed by atoms with Crippen LogP contribution in [0.25, 0.3) is 0 Å². The van der Waals surface area contributed by atoms with Crippen LogP contribution in [-0.2, 0) is 17.9 Å². The number of aliphatic imine (C=N–C) groups is 1. The van der Waals surface area contributed by atoms with E-state index in [1.165, 1.54) is 16.0 Å². The molecular formula is C21H29IN4OS. The molecule has 1 aromatic carbocycles. The third-order valence-corrected chi connectivity index (χ3v) is 5.93. The summed E-state index contributed by atoms with van der Waals surface area (Å²) in [5.74, 6) is 1.52. The first-order valence-corrected chi connectivity index (χ1v) is 10.4. The van der Waals surface area contributed by atoms with E-state index >= 15 is 0 Å². The van der Waals surface area contributed by atoms with E-state index in [1.807, 2.05) is 4.90 Å². The van der Waals surface area contributed by atoms with E-state index in [0.29, 0.717) is 25.4 Å². The maximum Gasteiger partial charge on any atom is 0.222 e. The number of benzene rings is 1. The van der Waals surface area contributed by atoms with Crippen molar-refractivity contribution in [1.82, 2.24) is 15.5 Å². The fourth-order valence-electron chi connectivity index (χ4n) is 3.26. The number of rotatable bonds is 7. The maximum absolute atomic E-state index is 11.8. The summed E-state index contributed by atoms with van der Waals surface area (Å²) in [6.07, 6.45) is 1.67. The average Bonchev–Trinajstić information content (AvgIpc) is 3.35. The van der Waals surface area contributed by atoms with E-state index in [1.54, 1.807) is 18.4 Å². The molecule has 5 nitrogen and oxygen atoms in total. The first-order valence-electron chi connectivity index (χ1n) is 9.49. The van der Waals surface area contributed by atoms with Gasteiger partial charge in [0, 0.05) is 50.4 Å². The number of carbonyl (C=O) groups excluding carboxylic acids is 1. The summed E-state index contributed by atoms with van der Waals surface area (Å²) >= 11 is 1.79. The van der Waals surface area contributed by atoms with Crippen molar-refractivity contribution >= 4 is 47.2 Å². The smallest absolute Gasteiger partial charge is 0.222 e. The van der Waals surface area contributed by atoms with Crippen LogP contribution >= 0.6 is 35.3 Å². The molecule has 1 atom stereocenters. The third kappa shape index (κ3) is 6.48. The number of hydrogen-bond acceptors (Lipinski definition) is 3. The maximum atomic E-state index is 11.8. The minimum atomic E-state index is 0. The molecule has 2 aromatic rings. The molecule has 1 aromatic heterocycles. The number of nitrogens with one attached hydrogen (secondary N) is 2. The highest BCUT2D eigenvalue weighted by atomic mass is 127. The molecule has 1 unspecified atom stereocenters. The van der Waals surface area contributed by atoms with E-state index in [9.17, 15) is 4.79 Å². The molecule has 2 heterocycles. The second-order valence-corrected chi connectivity index (χ2v) is 7.94. The number of halogens is 1. The first-order chi connectivity index (χ1) is 13.2. The van der Waals surface area contributed by atoms with Gasteiger partial charge in [-0.3, -0.25) is 9.79 Å². The van der Waals surface area contributed by atoms with Crippen LogP contribution < -0.4 is 10.6 Å². The van der Waals surface area contributed by atoms with Crippen LogP contribution in [0.15, 0.2) is 46.8 Å². The molecule has 3 rings (SSSR count). The summed E-state index contributed by atoms with van der Waals surface area (Å²) in [7, 11) is 1.79. The Kier molecular flexibility index (Phi) is 9.24. The number of guanidine groups is 1. The van der Waals surface area contributed by atoms with Crippen molar-refractivity contribution in [2.24, 2.45) is 4.99 Å². The first kappa shape index (κ1) is 22.7. The van der Waals surface area contributed by atoms with Gasteiger partial charge in [0.15, 0.2) is 5.96 Å². The summed E-state index contributed by atoms with van der Waals surface area (Å²) in [6.45, 7) is 5.35. The van der Waals surface area contributed by atoms with Crippen molar-refractivity contribution in [3.05, 3.63) is 57.8 Å². The Balaban J connectivity index is 0.00000280. The third-order valence-electron chi connectivity index (χ3n) is 4.82. The Labute approximate surface area is 188 Å². The lowest BCUT2D eigenvalue weighted by Gasteiger charge is -2.17. The molecule has 1 saturated heterocycles. The molecule has 2 N–H and O–H groups in total. The average molecular weight is 512 g/mol. The molecule has 0 bridgehead atoms. The monoisotopic (exact) mass is 512 g/mol. The lowest BCUT2D eigenvalue weighted by Crippen LogP contribution is -2.38. The number of nitrogens with zero attached hydrogens (tertiary/aromatic N) is 2. The summed E-state index contributed by atoms with van der Waals surface area (Å²) in [4.78, 5) is 19.5. The van der Waals surface area contributed by atoms with Crippen LogP contribution in [0.5, 0.6) is 0 Å². The van der Waals surface area contributed by atoms with Crippen molar-refractivity contribution in [1.29, 1.82) is 0 Å². The van der Waals surface area contributed by atoms with Gasteiger partial charge in [0.05, 0.1) is 0 Å². The van der Waals surface area contributed by atoms with Crippen molar-refractivity contribution in [3.63, 3.8) is 0 Å². The Bertz CT molecular complexity index is 778. The topological polar surface area (TPSA) is 56.7 Å². The van der Waals surface area contributed by atoms with Gasteiger partial charge in [-0.25, -0.2) is 0 Å². The molecule has 7 heteroatoms. The molecule has 0 saturated carbocycles. The predicted octanol–water partition coefficient (Wildman–Crippen LogP) is 3.96. The molecule has 0 radical (unpaired) electrons. The van der Waals surface area contributed by atoms with Gasteiger partial charge < -0.3 is 15.5 Å². The largest absolute Gasteiger partial charge is 0.356 e. The Morgan fingerprint density at radius 2 is 2.07 bits per heavy atom. The second kappa shape index (κ2) is 11.4. The number of likely N-dealkylation sites (tertiary alicyclic amines) is 1. The zero-order chi connectivity index (χ0) is 19.1. The normalized spacial score (nSPS) is 15.3. The molecule has 152 valence electrons. The molecule has 1 aliphatic rings. The molecule has 28 heavy (non-hydrogen) atoms. The zero-order valence-electron chi connectivity index (χ0n) is 16.5. The highest BCUT2D eigenvalue weighted by Gasteiger charge is 2.19. The Hall–Kier alpha value is -1.61. The lowest BCUT2D eigenvalue weighted by atomic mass is 10.1. The van der Waals surface area contributed by atoms with Gasteiger partial charge in [-0.1, -0.05) is 37.3 Å². The van der Waals surface area contributed by atoms with E-state index < -0.39 is 0 Å². The van der Waals surface area contributed by atoms with Crippen molar-refractivity contribution < 1.29 is 4.79 Å². The number of hydrogen-bond donors (Lipinski definition) is 2. The molecular weight excluding hydrogens is 483 g/mol. The van der Waals surface area contributed by atoms with Gasteiger partial charge in [-0.15, -0.1) is 35.3 Å². The van der Waals surface area contributed by atoms with Gasteiger partial charge in [0.1, 0.15) is 0 Å². The number of amides is 1. The minimum absolute atomic E-state index is 0. The van der Waals surface area contributed by atoms with Gasteiger partial charge >= 0.3 is 0 Å². The SMILES string of the molecule is CN=C(NCc1cccc(CN2CCCC2=O)c1)NCC(C)c1cccs1.I. The van der Waals surface area contributed by atoms with Gasteiger partial charge in [-0.2, -0.15) is 0 Å². The molecule has 1 aliphatic heterocycles. The summed E-state index contributed by atoms with van der Waals surface area (Å²) in [6, 6.07) is 12.7. The minimum Gasteiger partial charge on any atom is -0.356 e. The zero-order valence-corrected chi connectivity index (χ0v) is 19.6. The van der Waals surface area contributed by atoms with Crippen LogP contribution in [0, 0.1) is 0 Å². The summed E-state index contributed by atoms with van der Waals surface area (Å²) in [5.41, 5.74) is 2.37. The quantitative estimate of drug-likeness (QED) is 0.336. The molecule has 1 fully saturated rings. The summed E-state index contributed by atoms with van der Waals surface area (Å²) in [5, 5.41) is 8.89. The van der Waals surface area contributed by atoms with E-state index in [4.69, 9.17) is 0 Å². The van der Waals surface area contributed by atoms with E-state index in [0.717, 1.165) is 25.5 Å². The van der Waals surface area contributed by atoms with Crippen LogP contribution in [0.3, 0.4) is 0 Å². The summed E-state index contributed by atoms with van der Waals surface area (Å²) < 4.78 is 0. The van der Waals surface area contributed by atoms with Crippen molar-refractivity contribution in [3.8, 4) is 0 Å². The molecule has 1 amide bonds. The van der Waals surface area contributed by atoms with Crippen molar-refractivity contribution in [2.45, 2.75) is 38.8 Å². The van der Waals surface area contributed by atoms with Crippen molar-refractivity contribution in [2.75, 3.05) is 20.1 Å². The highest BCUT2D eigenvalue weighted by Crippen LogP contribution is 2.19. The number of thiophene rings is 1. The van der Waals surface area contributed by atoms with E-state index in [-0.39, 0.29) is 29.9 Å². The molecule has 0 aliphatic carbocycles. The highest BCUT2D eigenvalue weighted by molar-refractivity contribution is 14.0. The van der Waals surface area contributed by atoms with Crippen LogP contribution in [0.4, 0.5) is 0 Å². The lowest BCUT2D eigenvalue weighted by molar-refractivity contribution is -0.128. The second-order valence-electron chi connectivity index (χ2n) is 6.96. The fourth-order valence-corrected chi connectivity index (χ4v) is 4.05. The Morgan fingerprint density at radius 1 is 1.25 bits per heavy atom. The van der Waals surface area contributed by atoms with E-state index in [2.05, 4.69) is 64.3 Å². The Morgan fingerprint density at radius 3 is 2.75 bits per heavy atom. The standard InChI is InChI=1S/C21H28N4OS.HI/c1-16(19-8-5-11-27-19)13-23-21(22-2)24-14-17-6-3-7-18(12-17)15-25-10-4-9-20(25)26;/h3,5-8,11-12,16H,4,9-10,13-15H2,1-2H3,(H2,22,23,24);1H. The van der Waals surface area contributed by atoms with Crippen LogP contribution in [0.2, 0.25) is 0 Å². The molecule has 0 spiro atoms. The number of carbonyl (C=O) groups is 1. The van der Waals surface area contributed by atoms with Gasteiger partial charge in [0.2, 0.25) is 5.91 Å². The van der Waals surface area contributed by atoms with Crippen LogP contribution in [-0.4, -0.2) is 36.9 Å².